The maximum Gasteiger partial charge on any atom is 0.262 e. The van der Waals surface area contributed by atoms with Crippen molar-refractivity contribution >= 4 is 22.6 Å². The topological polar surface area (TPSA) is 37.4 Å². The summed E-state index contributed by atoms with van der Waals surface area (Å²) in [6, 6.07) is 10.5. The van der Waals surface area contributed by atoms with Crippen LogP contribution in [0.15, 0.2) is 36.4 Å². The smallest absolute Gasteiger partial charge is 0.262 e. The molecular formula is C18H15NO2. The molecule has 0 bridgehead atoms. The summed E-state index contributed by atoms with van der Waals surface area (Å²) in [5.41, 5.74) is 1.11. The number of hydrogen-bond acceptors (Lipinski definition) is 2. The van der Waals surface area contributed by atoms with Gasteiger partial charge in [0.15, 0.2) is 0 Å². The third-order valence-electron chi connectivity index (χ3n) is 3.87. The molecule has 0 aromatic heterocycles. The van der Waals surface area contributed by atoms with E-state index in [1.165, 1.54) is 4.90 Å². The van der Waals surface area contributed by atoms with Gasteiger partial charge in [0.2, 0.25) is 0 Å². The summed E-state index contributed by atoms with van der Waals surface area (Å²) in [6.45, 7) is 1.98. The predicted molar refractivity (Wildman–Crippen MR) is 82.0 cm³/mol. The number of rotatable bonds is 3. The van der Waals surface area contributed by atoms with Crippen LogP contribution in [0, 0.1) is 12.3 Å². The second-order valence-electron chi connectivity index (χ2n) is 5.16. The van der Waals surface area contributed by atoms with Crippen LogP contribution in [0.1, 0.15) is 40.5 Å². The summed E-state index contributed by atoms with van der Waals surface area (Å²) in [5, 5.41) is 1.64. The molecule has 21 heavy (non-hydrogen) atoms. The van der Waals surface area contributed by atoms with Gasteiger partial charge >= 0.3 is 0 Å². The molecule has 0 fully saturated rings. The standard InChI is InChI=1S/C18H15NO2/c1-3-7-13(4-2)19-17(20)14-10-5-8-12-9-6-11-15(16(12)14)18(19)21/h2,5-6,8-11,13H,3,7H2,1H3. The van der Waals surface area contributed by atoms with E-state index in [4.69, 9.17) is 6.42 Å². The summed E-state index contributed by atoms with van der Waals surface area (Å²) in [6.07, 6.45) is 6.97. The minimum Gasteiger partial charge on any atom is -0.269 e. The molecule has 0 spiro atoms. The van der Waals surface area contributed by atoms with E-state index in [-0.39, 0.29) is 11.8 Å². The second-order valence-corrected chi connectivity index (χ2v) is 5.16. The minimum atomic E-state index is -0.487. The summed E-state index contributed by atoms with van der Waals surface area (Å²) in [5.74, 6) is 2.00. The molecule has 2 amide bonds. The third-order valence-corrected chi connectivity index (χ3v) is 3.87. The van der Waals surface area contributed by atoms with Crippen LogP contribution in [-0.4, -0.2) is 22.8 Å². The van der Waals surface area contributed by atoms with Gasteiger partial charge in [-0.3, -0.25) is 14.5 Å². The zero-order valence-electron chi connectivity index (χ0n) is 11.8. The van der Waals surface area contributed by atoms with Crippen LogP contribution in [0.25, 0.3) is 10.8 Å². The van der Waals surface area contributed by atoms with Crippen LogP contribution in [0.5, 0.6) is 0 Å². The average molecular weight is 277 g/mol. The molecular weight excluding hydrogens is 262 g/mol. The first-order valence-electron chi connectivity index (χ1n) is 7.04. The average Bonchev–Trinajstić information content (AvgIpc) is 2.51. The number of hydrogen-bond donors (Lipinski definition) is 0. The van der Waals surface area contributed by atoms with E-state index in [2.05, 4.69) is 5.92 Å². The van der Waals surface area contributed by atoms with Gasteiger partial charge in [0.25, 0.3) is 11.8 Å². The molecule has 1 atom stereocenters. The molecule has 3 rings (SSSR count). The van der Waals surface area contributed by atoms with E-state index >= 15 is 0 Å². The van der Waals surface area contributed by atoms with E-state index in [0.29, 0.717) is 17.5 Å². The fourth-order valence-corrected chi connectivity index (χ4v) is 2.89. The van der Waals surface area contributed by atoms with Gasteiger partial charge in [0.05, 0.1) is 0 Å². The Balaban J connectivity index is 2.22. The zero-order chi connectivity index (χ0) is 15.0. The molecule has 1 heterocycles. The summed E-state index contributed by atoms with van der Waals surface area (Å²) < 4.78 is 0. The number of benzene rings is 2. The lowest BCUT2D eigenvalue weighted by atomic mass is 9.92. The van der Waals surface area contributed by atoms with Gasteiger partial charge in [-0.15, -0.1) is 6.42 Å². The van der Waals surface area contributed by atoms with E-state index < -0.39 is 6.04 Å². The Hall–Kier alpha value is -2.60. The second kappa shape index (κ2) is 5.06. The highest BCUT2D eigenvalue weighted by molar-refractivity contribution is 6.25. The lowest BCUT2D eigenvalue weighted by molar-refractivity contribution is 0.0570. The molecule has 0 N–H and O–H groups in total. The summed E-state index contributed by atoms with van der Waals surface area (Å²) in [4.78, 5) is 26.6. The molecule has 1 aliphatic heterocycles. The lowest BCUT2D eigenvalue weighted by Gasteiger charge is -2.31. The van der Waals surface area contributed by atoms with Crippen molar-refractivity contribution < 1.29 is 9.59 Å². The highest BCUT2D eigenvalue weighted by atomic mass is 16.2. The Morgan fingerprint density at radius 1 is 1.10 bits per heavy atom. The van der Waals surface area contributed by atoms with Crippen molar-refractivity contribution in [1.29, 1.82) is 0 Å². The third kappa shape index (κ3) is 1.92. The van der Waals surface area contributed by atoms with Gasteiger partial charge in [-0.25, -0.2) is 0 Å². The molecule has 3 nitrogen and oxygen atoms in total. The normalized spacial score (nSPS) is 15.1. The Kier molecular flexibility index (Phi) is 3.23. The molecule has 1 unspecified atom stereocenters. The Bertz CT molecular complexity index is 735. The lowest BCUT2D eigenvalue weighted by Crippen LogP contribution is -2.46. The van der Waals surface area contributed by atoms with E-state index in [0.717, 1.165) is 17.2 Å². The number of amides is 2. The van der Waals surface area contributed by atoms with Crippen molar-refractivity contribution in [2.45, 2.75) is 25.8 Å². The van der Waals surface area contributed by atoms with Gasteiger partial charge in [0, 0.05) is 16.5 Å². The van der Waals surface area contributed by atoms with E-state index in [9.17, 15) is 9.59 Å². The van der Waals surface area contributed by atoms with Crippen LogP contribution in [0.2, 0.25) is 0 Å². The molecule has 3 heteroatoms. The van der Waals surface area contributed by atoms with Gasteiger partial charge < -0.3 is 0 Å². The van der Waals surface area contributed by atoms with Crippen LogP contribution < -0.4 is 0 Å². The first-order valence-corrected chi connectivity index (χ1v) is 7.04. The number of imide groups is 1. The minimum absolute atomic E-state index is 0.291. The van der Waals surface area contributed by atoms with Crippen LogP contribution in [-0.2, 0) is 0 Å². The van der Waals surface area contributed by atoms with Crippen LogP contribution in [0.3, 0.4) is 0 Å². The highest BCUT2D eigenvalue weighted by Gasteiger charge is 2.36. The largest absolute Gasteiger partial charge is 0.269 e. The molecule has 0 saturated carbocycles. The van der Waals surface area contributed by atoms with Gasteiger partial charge in [-0.05, 0) is 23.9 Å². The number of terminal acetylenes is 1. The molecule has 0 aliphatic carbocycles. The maximum atomic E-state index is 12.7. The molecule has 1 aliphatic rings. The number of carbonyl (C=O) groups excluding carboxylic acids is 2. The van der Waals surface area contributed by atoms with Gasteiger partial charge in [0.1, 0.15) is 6.04 Å². The molecule has 0 radical (unpaired) electrons. The van der Waals surface area contributed by atoms with Gasteiger partial charge in [-0.1, -0.05) is 43.5 Å². The first kappa shape index (κ1) is 13.4. The number of carbonyl (C=O) groups is 2. The molecule has 104 valence electrons. The SMILES string of the molecule is C#CC(CCC)N1C(=O)c2cccc3cccc(c23)C1=O. The highest BCUT2D eigenvalue weighted by Crippen LogP contribution is 2.31. The summed E-state index contributed by atoms with van der Waals surface area (Å²) in [7, 11) is 0. The number of nitrogens with zero attached hydrogens (tertiary/aromatic N) is 1. The quantitative estimate of drug-likeness (QED) is 0.638. The van der Waals surface area contributed by atoms with Crippen molar-refractivity contribution in [3.8, 4) is 12.3 Å². The van der Waals surface area contributed by atoms with Gasteiger partial charge in [-0.2, -0.15) is 0 Å². The Morgan fingerprint density at radius 2 is 1.67 bits per heavy atom. The van der Waals surface area contributed by atoms with Crippen molar-refractivity contribution in [3.63, 3.8) is 0 Å². The molecule has 0 saturated heterocycles. The van der Waals surface area contributed by atoms with Crippen molar-refractivity contribution in [3.05, 3.63) is 47.5 Å². The maximum absolute atomic E-state index is 12.7. The predicted octanol–water partition coefficient (Wildman–Crippen LogP) is 3.24. The zero-order valence-corrected chi connectivity index (χ0v) is 11.8. The van der Waals surface area contributed by atoms with E-state index in [1.54, 1.807) is 12.1 Å². The fourth-order valence-electron chi connectivity index (χ4n) is 2.89. The van der Waals surface area contributed by atoms with E-state index in [1.807, 2.05) is 31.2 Å². The Morgan fingerprint density at radius 3 is 2.14 bits per heavy atom. The summed E-state index contributed by atoms with van der Waals surface area (Å²) >= 11 is 0. The Labute approximate surface area is 123 Å². The molecule has 2 aromatic carbocycles. The van der Waals surface area contributed by atoms with Crippen LogP contribution >= 0.6 is 0 Å². The van der Waals surface area contributed by atoms with Crippen LogP contribution in [0.4, 0.5) is 0 Å². The first-order chi connectivity index (χ1) is 10.2. The fraction of sp³-hybridized carbons (Fsp3) is 0.222. The van der Waals surface area contributed by atoms with Crippen molar-refractivity contribution in [1.82, 2.24) is 4.90 Å². The molecule has 2 aromatic rings. The monoisotopic (exact) mass is 277 g/mol. The van der Waals surface area contributed by atoms with Crippen molar-refractivity contribution in [2.24, 2.45) is 0 Å². The van der Waals surface area contributed by atoms with Crippen molar-refractivity contribution in [2.75, 3.05) is 0 Å².